The van der Waals surface area contributed by atoms with Crippen molar-refractivity contribution in [1.82, 2.24) is 9.55 Å². The Hall–Kier alpha value is -2.57. The van der Waals surface area contributed by atoms with E-state index in [0.29, 0.717) is 0 Å². The first kappa shape index (κ1) is 12.9. The topological polar surface area (TPSA) is 72.2 Å². The third kappa shape index (κ3) is 2.35. The molecule has 0 saturated carbocycles. The van der Waals surface area contributed by atoms with Crippen molar-refractivity contribution in [2.75, 3.05) is 0 Å². The van der Waals surface area contributed by atoms with E-state index < -0.39 is 23.3 Å². The minimum Gasteiger partial charge on any atom is -0.478 e. The van der Waals surface area contributed by atoms with Crippen LogP contribution >= 0.6 is 0 Å². The Morgan fingerprint density at radius 3 is 2.58 bits per heavy atom. The highest BCUT2D eigenvalue weighted by molar-refractivity contribution is 5.94. The zero-order chi connectivity index (χ0) is 14.2. The fourth-order valence-electron chi connectivity index (χ4n) is 1.56. The summed E-state index contributed by atoms with van der Waals surface area (Å²) in [5.74, 6) is -3.52. The number of carboxylic acids is 1. The van der Waals surface area contributed by atoms with Gasteiger partial charge in [-0.25, -0.2) is 18.4 Å². The summed E-state index contributed by atoms with van der Waals surface area (Å²) in [6.45, 7) is 0. The number of aromatic nitrogens is 2. The minimum absolute atomic E-state index is 0.0222. The molecule has 1 heterocycles. The zero-order valence-electron chi connectivity index (χ0n) is 9.72. The summed E-state index contributed by atoms with van der Waals surface area (Å²) < 4.78 is 27.0. The highest BCUT2D eigenvalue weighted by Gasteiger charge is 2.16. The van der Waals surface area contributed by atoms with Gasteiger partial charge in [-0.1, -0.05) is 0 Å². The van der Waals surface area contributed by atoms with E-state index in [-0.39, 0.29) is 16.8 Å². The van der Waals surface area contributed by atoms with Gasteiger partial charge in [0.25, 0.3) is 0 Å². The Bertz CT molecular complexity index is 725. The number of carbonyl (C=O) groups is 1. The number of carboxylic acid groups (broad SMARTS) is 1. The summed E-state index contributed by atoms with van der Waals surface area (Å²) in [6, 6.07) is 2.80. The lowest BCUT2D eigenvalue weighted by atomic mass is 10.1. The normalized spacial score (nSPS) is 10.5. The molecule has 2 rings (SSSR count). The predicted octanol–water partition coefficient (Wildman–Crippen LogP) is 1.42. The first-order valence-corrected chi connectivity index (χ1v) is 5.16. The molecule has 19 heavy (non-hydrogen) atoms. The van der Waals surface area contributed by atoms with Gasteiger partial charge in [0.1, 0.15) is 5.56 Å². The van der Waals surface area contributed by atoms with Crippen LogP contribution in [0.25, 0.3) is 11.3 Å². The first-order valence-electron chi connectivity index (χ1n) is 5.16. The average Bonchev–Trinajstić information content (AvgIpc) is 2.35. The first-order chi connectivity index (χ1) is 8.90. The summed E-state index contributed by atoms with van der Waals surface area (Å²) in [5.41, 5.74) is -1.14. The molecule has 1 aromatic carbocycles. The molecular weight excluding hydrogens is 258 g/mol. The molecule has 7 heteroatoms. The fourth-order valence-corrected chi connectivity index (χ4v) is 1.56. The third-order valence-electron chi connectivity index (χ3n) is 2.51. The molecule has 0 unspecified atom stereocenters. The van der Waals surface area contributed by atoms with Crippen LogP contribution in [-0.2, 0) is 7.05 Å². The quantitative estimate of drug-likeness (QED) is 0.892. The zero-order valence-corrected chi connectivity index (χ0v) is 9.72. The van der Waals surface area contributed by atoms with Crippen molar-refractivity contribution < 1.29 is 18.7 Å². The molecule has 5 nitrogen and oxygen atoms in total. The number of hydrogen-bond donors (Lipinski definition) is 1. The van der Waals surface area contributed by atoms with E-state index >= 15 is 0 Å². The molecule has 1 N–H and O–H groups in total. The van der Waals surface area contributed by atoms with Crippen LogP contribution in [0.5, 0.6) is 0 Å². The van der Waals surface area contributed by atoms with E-state index in [2.05, 4.69) is 4.98 Å². The van der Waals surface area contributed by atoms with Gasteiger partial charge < -0.3 is 9.67 Å². The lowest BCUT2D eigenvalue weighted by Gasteiger charge is -2.07. The summed E-state index contributed by atoms with van der Waals surface area (Å²) in [5, 5.41) is 9.04. The van der Waals surface area contributed by atoms with Crippen LogP contribution in [0.4, 0.5) is 8.78 Å². The molecule has 2 aromatic rings. The maximum absolute atomic E-state index is 13.1. The van der Waals surface area contributed by atoms with Crippen LogP contribution in [-0.4, -0.2) is 20.6 Å². The Balaban J connectivity index is 2.73. The molecule has 0 atom stereocenters. The van der Waals surface area contributed by atoms with Crippen molar-refractivity contribution in [2.45, 2.75) is 0 Å². The molecule has 0 amide bonds. The fraction of sp³-hybridized carbons (Fsp3) is 0.0833. The van der Waals surface area contributed by atoms with Crippen LogP contribution in [0.3, 0.4) is 0 Å². The largest absolute Gasteiger partial charge is 0.478 e. The Morgan fingerprint density at radius 2 is 2.00 bits per heavy atom. The second kappa shape index (κ2) is 4.60. The average molecular weight is 266 g/mol. The molecule has 0 aliphatic rings. The van der Waals surface area contributed by atoms with Gasteiger partial charge in [0, 0.05) is 18.8 Å². The molecular formula is C12H8F2N2O3. The molecule has 0 aliphatic heterocycles. The predicted molar refractivity (Wildman–Crippen MR) is 61.8 cm³/mol. The van der Waals surface area contributed by atoms with Gasteiger partial charge in [-0.05, 0) is 18.2 Å². The Morgan fingerprint density at radius 1 is 1.32 bits per heavy atom. The van der Waals surface area contributed by atoms with Gasteiger partial charge in [0.2, 0.25) is 0 Å². The smallest absolute Gasteiger partial charge is 0.347 e. The number of nitrogens with zero attached hydrogens (tertiary/aromatic N) is 2. The van der Waals surface area contributed by atoms with Crippen LogP contribution < -0.4 is 5.69 Å². The van der Waals surface area contributed by atoms with Gasteiger partial charge in [0.05, 0.1) is 5.69 Å². The second-order valence-corrected chi connectivity index (χ2v) is 3.83. The molecule has 0 aliphatic carbocycles. The lowest BCUT2D eigenvalue weighted by Crippen LogP contribution is -2.22. The van der Waals surface area contributed by atoms with Crippen molar-refractivity contribution in [2.24, 2.45) is 7.05 Å². The lowest BCUT2D eigenvalue weighted by molar-refractivity contribution is 0.0696. The Kier molecular flexibility index (Phi) is 3.12. The number of hydrogen-bond acceptors (Lipinski definition) is 3. The highest BCUT2D eigenvalue weighted by Crippen LogP contribution is 2.22. The van der Waals surface area contributed by atoms with Gasteiger partial charge >= 0.3 is 11.7 Å². The van der Waals surface area contributed by atoms with Gasteiger partial charge in [-0.3, -0.25) is 0 Å². The molecule has 1 aromatic heterocycles. The summed E-state index contributed by atoms with van der Waals surface area (Å²) in [4.78, 5) is 26.1. The number of aryl methyl sites for hydroxylation is 1. The molecule has 0 spiro atoms. The number of benzene rings is 1. The van der Waals surface area contributed by atoms with Crippen molar-refractivity contribution in [3.63, 3.8) is 0 Å². The summed E-state index contributed by atoms with van der Waals surface area (Å²) >= 11 is 0. The van der Waals surface area contributed by atoms with E-state index in [4.69, 9.17) is 5.11 Å². The molecule has 0 fully saturated rings. The summed E-state index contributed by atoms with van der Waals surface area (Å²) in [7, 11) is 1.34. The van der Waals surface area contributed by atoms with Crippen molar-refractivity contribution in [1.29, 1.82) is 0 Å². The number of rotatable bonds is 2. The third-order valence-corrected chi connectivity index (χ3v) is 2.51. The number of halogens is 2. The monoisotopic (exact) mass is 266 g/mol. The van der Waals surface area contributed by atoms with Crippen molar-refractivity contribution >= 4 is 5.97 Å². The molecule has 0 saturated heterocycles. The van der Waals surface area contributed by atoms with Crippen molar-refractivity contribution in [3.8, 4) is 11.3 Å². The highest BCUT2D eigenvalue weighted by atomic mass is 19.2. The van der Waals surface area contributed by atoms with Gasteiger partial charge in [-0.2, -0.15) is 4.98 Å². The number of aromatic carboxylic acids is 1. The molecule has 98 valence electrons. The standard InChI is InChI=1S/C12H8F2N2O3/c1-16-5-7(11(17)18)10(15-12(16)19)6-2-3-8(13)9(14)4-6/h2-5H,1H3,(H,17,18). The SMILES string of the molecule is Cn1cc(C(=O)O)c(-c2ccc(F)c(F)c2)nc1=O. The molecule has 0 radical (unpaired) electrons. The van der Waals surface area contributed by atoms with Crippen molar-refractivity contribution in [3.05, 3.63) is 52.1 Å². The van der Waals surface area contributed by atoms with E-state index in [1.807, 2.05) is 0 Å². The van der Waals surface area contributed by atoms with Gasteiger partial charge in [0.15, 0.2) is 11.6 Å². The maximum atomic E-state index is 13.1. The van der Waals surface area contributed by atoms with Gasteiger partial charge in [-0.15, -0.1) is 0 Å². The second-order valence-electron chi connectivity index (χ2n) is 3.83. The van der Waals surface area contributed by atoms with Crippen LogP contribution in [0, 0.1) is 11.6 Å². The maximum Gasteiger partial charge on any atom is 0.347 e. The van der Waals surface area contributed by atoms with E-state index in [1.54, 1.807) is 0 Å². The Labute approximate surface area is 105 Å². The van der Waals surface area contributed by atoms with Crippen LogP contribution in [0.2, 0.25) is 0 Å². The van der Waals surface area contributed by atoms with E-state index in [0.717, 1.165) is 29.0 Å². The minimum atomic E-state index is -1.32. The van der Waals surface area contributed by atoms with E-state index in [9.17, 15) is 18.4 Å². The van der Waals surface area contributed by atoms with Crippen LogP contribution in [0.15, 0.2) is 29.2 Å². The van der Waals surface area contributed by atoms with Crippen LogP contribution in [0.1, 0.15) is 10.4 Å². The summed E-state index contributed by atoms with van der Waals surface area (Å²) in [6.07, 6.45) is 1.08. The van der Waals surface area contributed by atoms with E-state index in [1.165, 1.54) is 7.05 Å². The molecule has 0 bridgehead atoms.